The van der Waals surface area contributed by atoms with Gasteiger partial charge >= 0.3 is 5.97 Å². The molecule has 0 saturated carbocycles. The molecule has 1 fully saturated rings. The first-order valence-corrected chi connectivity index (χ1v) is 10.8. The standard InChI is InChI=1S/C19H14BrIN2O5S/c1-27-13-4-2-12(3-5-13)22-19-23-18(26)15(29-19)7-10-6-11(21)8-14(20)17(10)28-9-16(24)25/h2-8H,9H2,1H3,(H,24,25)(H,22,23,26)/b15-7+. The number of aliphatic carboxylic acids is 1. The van der Waals surface area contributed by atoms with E-state index < -0.39 is 12.6 Å². The van der Waals surface area contributed by atoms with E-state index in [1.807, 2.05) is 6.07 Å². The van der Waals surface area contributed by atoms with Crippen LogP contribution in [0.3, 0.4) is 0 Å². The van der Waals surface area contributed by atoms with E-state index in [0.717, 1.165) is 9.32 Å². The van der Waals surface area contributed by atoms with E-state index in [0.29, 0.717) is 31.5 Å². The number of carboxylic acids is 1. The zero-order valence-corrected chi connectivity index (χ0v) is 19.5. The molecule has 0 bridgehead atoms. The van der Waals surface area contributed by atoms with Crippen LogP contribution in [-0.4, -0.2) is 35.9 Å². The number of hydrogen-bond acceptors (Lipinski definition) is 6. The van der Waals surface area contributed by atoms with Crippen molar-refractivity contribution in [3.63, 3.8) is 0 Å². The largest absolute Gasteiger partial charge is 0.497 e. The van der Waals surface area contributed by atoms with Crippen LogP contribution in [-0.2, 0) is 9.59 Å². The Labute approximate surface area is 192 Å². The molecule has 29 heavy (non-hydrogen) atoms. The normalized spacial score (nSPS) is 16.2. The Morgan fingerprint density at radius 3 is 2.72 bits per heavy atom. The minimum atomic E-state index is -1.09. The van der Waals surface area contributed by atoms with Crippen LogP contribution in [0, 0.1) is 3.57 Å². The molecular weight excluding hydrogens is 575 g/mol. The molecule has 0 radical (unpaired) electrons. The summed E-state index contributed by atoms with van der Waals surface area (Å²) in [4.78, 5) is 28.1. The third kappa shape index (κ3) is 5.73. The Balaban J connectivity index is 1.87. The number of aliphatic imine (C=N–C) groups is 1. The van der Waals surface area contributed by atoms with E-state index in [-0.39, 0.29) is 5.91 Å². The van der Waals surface area contributed by atoms with Gasteiger partial charge in [0.25, 0.3) is 5.91 Å². The first-order chi connectivity index (χ1) is 13.9. The minimum Gasteiger partial charge on any atom is -0.497 e. The maximum Gasteiger partial charge on any atom is 0.341 e. The van der Waals surface area contributed by atoms with Crippen molar-refractivity contribution in [2.24, 2.45) is 4.99 Å². The van der Waals surface area contributed by atoms with Gasteiger partial charge in [0.2, 0.25) is 0 Å². The lowest BCUT2D eigenvalue weighted by Crippen LogP contribution is -2.19. The minimum absolute atomic E-state index is 0.290. The summed E-state index contributed by atoms with van der Waals surface area (Å²) in [5.41, 5.74) is 1.27. The van der Waals surface area contributed by atoms with Crippen molar-refractivity contribution in [1.82, 2.24) is 5.32 Å². The van der Waals surface area contributed by atoms with Crippen LogP contribution in [0.15, 0.2) is 50.8 Å². The molecule has 1 aliphatic rings. The van der Waals surface area contributed by atoms with Crippen LogP contribution in [0.1, 0.15) is 5.56 Å². The summed E-state index contributed by atoms with van der Waals surface area (Å²) in [6.07, 6.45) is 1.65. The molecule has 0 unspecified atom stereocenters. The summed E-state index contributed by atoms with van der Waals surface area (Å²) in [6, 6.07) is 10.8. The van der Waals surface area contributed by atoms with E-state index in [9.17, 15) is 9.59 Å². The maximum atomic E-state index is 12.4. The number of hydrogen-bond donors (Lipinski definition) is 2. The van der Waals surface area contributed by atoms with Crippen LogP contribution in [0.4, 0.5) is 5.69 Å². The number of nitrogens with zero attached hydrogens (tertiary/aromatic N) is 1. The van der Waals surface area contributed by atoms with Gasteiger partial charge in [-0.1, -0.05) is 0 Å². The van der Waals surface area contributed by atoms with E-state index >= 15 is 0 Å². The molecule has 2 N–H and O–H groups in total. The SMILES string of the molecule is COc1ccc(N=C2NC(=O)/C(=C\c3cc(I)cc(Br)c3OCC(=O)O)S2)cc1. The highest BCUT2D eigenvalue weighted by Crippen LogP contribution is 2.36. The molecule has 0 aromatic heterocycles. The summed E-state index contributed by atoms with van der Waals surface area (Å²) in [5, 5.41) is 12.1. The summed E-state index contributed by atoms with van der Waals surface area (Å²) in [7, 11) is 1.59. The van der Waals surface area contributed by atoms with Gasteiger partial charge in [0.15, 0.2) is 11.8 Å². The number of methoxy groups -OCH3 is 1. The average molecular weight is 589 g/mol. The molecule has 3 rings (SSSR count). The Kier molecular flexibility index (Phi) is 7.19. The van der Waals surface area contributed by atoms with Gasteiger partial charge in [-0.3, -0.25) is 4.79 Å². The summed E-state index contributed by atoms with van der Waals surface area (Å²) < 4.78 is 12.0. The van der Waals surface area contributed by atoms with Crippen molar-refractivity contribution in [3.05, 3.63) is 54.9 Å². The van der Waals surface area contributed by atoms with Gasteiger partial charge in [-0.25, -0.2) is 9.79 Å². The number of amides is 1. The number of carbonyl (C=O) groups excluding carboxylic acids is 1. The smallest absolute Gasteiger partial charge is 0.341 e. The van der Waals surface area contributed by atoms with Crippen molar-refractivity contribution < 1.29 is 24.2 Å². The number of thioether (sulfide) groups is 1. The highest BCUT2D eigenvalue weighted by molar-refractivity contribution is 14.1. The van der Waals surface area contributed by atoms with Gasteiger partial charge in [0, 0.05) is 9.13 Å². The molecule has 0 atom stereocenters. The second-order valence-corrected chi connectivity index (χ2v) is 8.80. The summed E-state index contributed by atoms with van der Waals surface area (Å²) in [5.74, 6) is -0.303. The second-order valence-electron chi connectivity index (χ2n) is 5.67. The van der Waals surface area contributed by atoms with E-state index in [1.165, 1.54) is 11.8 Å². The highest BCUT2D eigenvalue weighted by Gasteiger charge is 2.25. The van der Waals surface area contributed by atoms with Gasteiger partial charge in [0.1, 0.15) is 11.5 Å². The fourth-order valence-electron chi connectivity index (χ4n) is 2.37. The van der Waals surface area contributed by atoms with E-state index in [4.69, 9.17) is 14.6 Å². The topological polar surface area (TPSA) is 97.2 Å². The highest BCUT2D eigenvalue weighted by atomic mass is 127. The molecule has 150 valence electrons. The molecule has 1 amide bonds. The zero-order valence-electron chi connectivity index (χ0n) is 14.9. The van der Waals surface area contributed by atoms with Gasteiger partial charge in [-0.2, -0.15) is 0 Å². The summed E-state index contributed by atoms with van der Waals surface area (Å²) >= 11 is 6.71. The molecule has 10 heteroatoms. The molecule has 1 aliphatic heterocycles. The quantitative estimate of drug-likeness (QED) is 0.383. The number of nitrogens with one attached hydrogen (secondary N) is 1. The van der Waals surface area contributed by atoms with E-state index in [1.54, 1.807) is 43.5 Å². The van der Waals surface area contributed by atoms with Crippen molar-refractivity contribution in [2.75, 3.05) is 13.7 Å². The Morgan fingerprint density at radius 1 is 1.34 bits per heavy atom. The van der Waals surface area contributed by atoms with Crippen LogP contribution in [0.5, 0.6) is 11.5 Å². The first kappa shape index (κ1) is 21.7. The zero-order chi connectivity index (χ0) is 21.0. The first-order valence-electron chi connectivity index (χ1n) is 8.13. The number of halogens is 2. The average Bonchev–Trinajstić information content (AvgIpc) is 3.00. The predicted molar refractivity (Wildman–Crippen MR) is 124 cm³/mol. The third-order valence-corrected chi connectivity index (χ3v) is 5.74. The van der Waals surface area contributed by atoms with Crippen molar-refractivity contribution >= 4 is 79.1 Å². The lowest BCUT2D eigenvalue weighted by molar-refractivity contribution is -0.139. The van der Waals surface area contributed by atoms with Gasteiger partial charge in [0.05, 0.1) is 22.2 Å². The molecular formula is C19H14BrIN2O5S. The van der Waals surface area contributed by atoms with Crippen molar-refractivity contribution in [3.8, 4) is 11.5 Å². The number of rotatable bonds is 6. The number of amidine groups is 1. The number of carbonyl (C=O) groups is 2. The van der Waals surface area contributed by atoms with Crippen LogP contribution < -0.4 is 14.8 Å². The Hall–Kier alpha value is -2.05. The molecule has 7 nitrogen and oxygen atoms in total. The van der Waals surface area contributed by atoms with Crippen molar-refractivity contribution in [2.45, 2.75) is 0 Å². The molecule has 2 aromatic rings. The van der Waals surface area contributed by atoms with Crippen LogP contribution >= 0.6 is 50.3 Å². The van der Waals surface area contributed by atoms with Gasteiger partial charge in [-0.05, 0) is 92.8 Å². The van der Waals surface area contributed by atoms with Crippen LogP contribution in [0.25, 0.3) is 6.08 Å². The van der Waals surface area contributed by atoms with Gasteiger partial charge < -0.3 is 19.9 Å². The predicted octanol–water partition coefficient (Wildman–Crippen LogP) is 4.42. The lowest BCUT2D eigenvalue weighted by atomic mass is 10.2. The Morgan fingerprint density at radius 2 is 2.07 bits per heavy atom. The summed E-state index contributed by atoms with van der Waals surface area (Å²) in [6.45, 7) is -0.487. The molecule has 0 aliphatic carbocycles. The Bertz CT molecular complexity index is 1020. The fourth-order valence-corrected chi connectivity index (χ4v) is 4.87. The van der Waals surface area contributed by atoms with Crippen molar-refractivity contribution in [1.29, 1.82) is 0 Å². The van der Waals surface area contributed by atoms with Gasteiger partial charge in [-0.15, -0.1) is 0 Å². The number of ether oxygens (including phenoxy) is 2. The monoisotopic (exact) mass is 588 g/mol. The second kappa shape index (κ2) is 9.63. The third-order valence-electron chi connectivity index (χ3n) is 3.62. The van der Waals surface area contributed by atoms with Crippen LogP contribution in [0.2, 0.25) is 0 Å². The van der Waals surface area contributed by atoms with E-state index in [2.05, 4.69) is 48.8 Å². The number of carboxylic acid groups (broad SMARTS) is 1. The lowest BCUT2D eigenvalue weighted by Gasteiger charge is -2.10. The molecule has 2 aromatic carbocycles. The molecule has 0 spiro atoms. The molecule has 1 saturated heterocycles. The number of benzene rings is 2. The molecule has 1 heterocycles. The maximum absolute atomic E-state index is 12.4. The fraction of sp³-hybridized carbons (Fsp3) is 0.105.